The number of para-hydroxylation sites is 1. The zero-order valence-electron chi connectivity index (χ0n) is 13.5. The lowest BCUT2D eigenvalue weighted by Gasteiger charge is -2.21. The number of aromatic nitrogens is 2. The van der Waals surface area contributed by atoms with Crippen LogP contribution in [0.15, 0.2) is 36.7 Å². The molecule has 2 aromatic rings. The van der Waals surface area contributed by atoms with Crippen molar-refractivity contribution in [1.29, 1.82) is 0 Å². The Morgan fingerprint density at radius 1 is 1.35 bits per heavy atom. The second-order valence-electron chi connectivity index (χ2n) is 5.88. The lowest BCUT2D eigenvalue weighted by molar-refractivity contribution is -0.137. The normalized spacial score (nSPS) is 17.6. The smallest absolute Gasteiger partial charge is 0.371 e. The highest BCUT2D eigenvalue weighted by Crippen LogP contribution is 2.38. The highest BCUT2D eigenvalue weighted by atomic mass is 19.4. The molecule has 2 heterocycles. The Balaban J connectivity index is 1.75. The largest absolute Gasteiger partial charge is 0.418 e. The van der Waals surface area contributed by atoms with Gasteiger partial charge in [0, 0.05) is 12.7 Å². The van der Waals surface area contributed by atoms with E-state index in [-0.39, 0.29) is 18.8 Å². The van der Waals surface area contributed by atoms with Gasteiger partial charge < -0.3 is 16.0 Å². The Labute approximate surface area is 146 Å². The van der Waals surface area contributed by atoms with Crippen LogP contribution in [0.3, 0.4) is 0 Å². The third-order valence-corrected chi connectivity index (χ3v) is 4.00. The molecular formula is C16H16F3N5O2. The van der Waals surface area contributed by atoms with E-state index in [0.29, 0.717) is 12.1 Å². The van der Waals surface area contributed by atoms with E-state index < -0.39 is 29.6 Å². The molecule has 0 saturated carbocycles. The van der Waals surface area contributed by atoms with Crippen molar-refractivity contribution in [1.82, 2.24) is 9.78 Å². The quantitative estimate of drug-likeness (QED) is 0.840. The number of nitrogens with zero attached hydrogens (tertiary/aromatic N) is 3. The van der Waals surface area contributed by atoms with Gasteiger partial charge in [0.05, 0.1) is 23.1 Å². The molecule has 3 rings (SSSR count). The van der Waals surface area contributed by atoms with Crippen molar-refractivity contribution in [3.63, 3.8) is 0 Å². The van der Waals surface area contributed by atoms with Gasteiger partial charge in [-0.3, -0.25) is 14.3 Å². The van der Waals surface area contributed by atoms with Crippen LogP contribution in [0, 0.1) is 0 Å². The standard InChI is InChI=1S/C16H16F3N5O2/c17-16(18,19)11-3-1-2-4-13(11)24-6-5-12(15(24)26)22-10-7-21-23(8-10)9-14(20)25/h1-4,7-8,12,22H,5-6,9H2,(H2,20,25). The molecule has 7 nitrogen and oxygen atoms in total. The fourth-order valence-corrected chi connectivity index (χ4v) is 2.89. The van der Waals surface area contributed by atoms with Crippen molar-refractivity contribution in [2.45, 2.75) is 25.2 Å². The monoisotopic (exact) mass is 367 g/mol. The number of nitrogens with two attached hydrogens (primary N) is 1. The average Bonchev–Trinajstić information content (AvgIpc) is 3.14. The first kappa shape index (κ1) is 17.8. The first-order valence-electron chi connectivity index (χ1n) is 7.80. The molecular weight excluding hydrogens is 351 g/mol. The summed E-state index contributed by atoms with van der Waals surface area (Å²) in [6.45, 7) is 0.0599. The Bertz CT molecular complexity index is 833. The molecule has 1 fully saturated rings. The number of carbonyl (C=O) groups excluding carboxylic acids is 2. The topological polar surface area (TPSA) is 93.3 Å². The summed E-state index contributed by atoms with van der Waals surface area (Å²) in [5.41, 5.74) is 4.56. The van der Waals surface area contributed by atoms with Gasteiger partial charge in [0.25, 0.3) is 0 Å². The molecule has 1 aliphatic rings. The molecule has 1 atom stereocenters. The van der Waals surface area contributed by atoms with Crippen LogP contribution in [0.25, 0.3) is 0 Å². The van der Waals surface area contributed by atoms with Gasteiger partial charge in [0.15, 0.2) is 0 Å². The van der Waals surface area contributed by atoms with Gasteiger partial charge >= 0.3 is 6.18 Å². The van der Waals surface area contributed by atoms with Crippen LogP contribution in [-0.2, 0) is 22.3 Å². The van der Waals surface area contributed by atoms with E-state index in [1.165, 1.54) is 35.3 Å². The maximum Gasteiger partial charge on any atom is 0.418 e. The van der Waals surface area contributed by atoms with Gasteiger partial charge in [0.2, 0.25) is 11.8 Å². The van der Waals surface area contributed by atoms with E-state index in [1.807, 2.05) is 0 Å². The summed E-state index contributed by atoms with van der Waals surface area (Å²) in [6.07, 6.45) is -1.28. The van der Waals surface area contributed by atoms with E-state index in [2.05, 4.69) is 10.4 Å². The number of nitrogens with one attached hydrogen (secondary N) is 1. The van der Waals surface area contributed by atoms with Crippen molar-refractivity contribution in [3.8, 4) is 0 Å². The minimum Gasteiger partial charge on any atom is -0.371 e. The van der Waals surface area contributed by atoms with Crippen molar-refractivity contribution < 1.29 is 22.8 Å². The van der Waals surface area contributed by atoms with Crippen LogP contribution < -0.4 is 16.0 Å². The van der Waals surface area contributed by atoms with Crippen molar-refractivity contribution in [2.75, 3.05) is 16.8 Å². The lowest BCUT2D eigenvalue weighted by Crippen LogP contribution is -2.34. The SMILES string of the molecule is NC(=O)Cn1cc(NC2CCN(c3ccccc3C(F)(F)F)C2=O)cn1. The third kappa shape index (κ3) is 3.63. The van der Waals surface area contributed by atoms with Gasteiger partial charge in [-0.15, -0.1) is 0 Å². The van der Waals surface area contributed by atoms with Gasteiger partial charge in [0.1, 0.15) is 12.6 Å². The second kappa shape index (κ2) is 6.70. The summed E-state index contributed by atoms with van der Waals surface area (Å²) in [5, 5.41) is 6.86. The van der Waals surface area contributed by atoms with Crippen LogP contribution in [-0.4, -0.2) is 34.2 Å². The first-order chi connectivity index (χ1) is 12.3. The summed E-state index contributed by atoms with van der Waals surface area (Å²) in [4.78, 5) is 24.6. The number of amides is 2. The number of hydrogen-bond donors (Lipinski definition) is 2. The maximum atomic E-state index is 13.2. The zero-order valence-corrected chi connectivity index (χ0v) is 13.5. The number of benzene rings is 1. The number of hydrogen-bond acceptors (Lipinski definition) is 4. The first-order valence-corrected chi connectivity index (χ1v) is 7.80. The third-order valence-electron chi connectivity index (χ3n) is 4.00. The van der Waals surface area contributed by atoms with E-state index >= 15 is 0 Å². The zero-order chi connectivity index (χ0) is 18.9. The molecule has 1 aliphatic heterocycles. The number of rotatable bonds is 5. The Morgan fingerprint density at radius 2 is 2.08 bits per heavy atom. The number of alkyl halides is 3. The predicted octanol–water partition coefficient (Wildman–Crippen LogP) is 1.60. The molecule has 26 heavy (non-hydrogen) atoms. The molecule has 1 saturated heterocycles. The van der Waals surface area contributed by atoms with E-state index in [0.717, 1.165) is 11.0 Å². The fourth-order valence-electron chi connectivity index (χ4n) is 2.89. The van der Waals surface area contributed by atoms with Crippen molar-refractivity contribution in [2.24, 2.45) is 5.73 Å². The van der Waals surface area contributed by atoms with Gasteiger partial charge in [-0.2, -0.15) is 18.3 Å². The number of anilines is 2. The van der Waals surface area contributed by atoms with Crippen LogP contribution >= 0.6 is 0 Å². The summed E-state index contributed by atoms with van der Waals surface area (Å²) >= 11 is 0. The average molecular weight is 367 g/mol. The summed E-state index contributed by atoms with van der Waals surface area (Å²) < 4.78 is 40.8. The van der Waals surface area contributed by atoms with Gasteiger partial charge in [-0.05, 0) is 18.6 Å². The molecule has 1 aromatic heterocycles. The van der Waals surface area contributed by atoms with Gasteiger partial charge in [-0.1, -0.05) is 12.1 Å². The molecule has 2 amide bonds. The molecule has 3 N–H and O–H groups in total. The highest BCUT2D eigenvalue weighted by Gasteiger charge is 2.39. The van der Waals surface area contributed by atoms with E-state index in [1.54, 1.807) is 0 Å². The molecule has 0 aliphatic carbocycles. The van der Waals surface area contributed by atoms with Crippen LogP contribution in [0.1, 0.15) is 12.0 Å². The van der Waals surface area contributed by atoms with Crippen molar-refractivity contribution in [3.05, 3.63) is 42.2 Å². The molecule has 0 bridgehead atoms. The Hall–Kier alpha value is -3.04. The number of carbonyl (C=O) groups is 2. The molecule has 138 valence electrons. The summed E-state index contributed by atoms with van der Waals surface area (Å²) in [5.74, 6) is -1.02. The summed E-state index contributed by atoms with van der Waals surface area (Å²) in [7, 11) is 0. The fraction of sp³-hybridized carbons (Fsp3) is 0.312. The Morgan fingerprint density at radius 3 is 2.77 bits per heavy atom. The van der Waals surface area contributed by atoms with Crippen molar-refractivity contribution >= 4 is 23.2 Å². The lowest BCUT2D eigenvalue weighted by atomic mass is 10.1. The van der Waals surface area contributed by atoms with Crippen LogP contribution in [0.2, 0.25) is 0 Å². The Kier molecular flexibility index (Phi) is 4.58. The second-order valence-corrected chi connectivity index (χ2v) is 5.88. The molecule has 1 aromatic carbocycles. The van der Waals surface area contributed by atoms with Crippen LogP contribution in [0.5, 0.6) is 0 Å². The van der Waals surface area contributed by atoms with Gasteiger partial charge in [-0.25, -0.2) is 0 Å². The molecule has 10 heteroatoms. The molecule has 1 unspecified atom stereocenters. The minimum absolute atomic E-state index is 0.106. The van der Waals surface area contributed by atoms with E-state index in [4.69, 9.17) is 5.73 Å². The van der Waals surface area contributed by atoms with Crippen LogP contribution in [0.4, 0.5) is 24.5 Å². The highest BCUT2D eigenvalue weighted by molar-refractivity contribution is 6.01. The predicted molar refractivity (Wildman–Crippen MR) is 87.2 cm³/mol. The minimum atomic E-state index is -4.54. The number of halogens is 3. The van der Waals surface area contributed by atoms with E-state index in [9.17, 15) is 22.8 Å². The molecule has 0 radical (unpaired) electrons. The summed E-state index contributed by atoms with van der Waals surface area (Å²) in [6, 6.07) is 4.32. The maximum absolute atomic E-state index is 13.2. The number of primary amides is 1. The molecule has 0 spiro atoms.